The quantitative estimate of drug-likeness (QED) is 0.840. The molecular formula is C13H21BrO3. The highest BCUT2D eigenvalue weighted by molar-refractivity contribution is 9.10. The molecule has 0 aromatic heterocycles. The number of aromatic carboxylic acids is 1. The van der Waals surface area contributed by atoms with Gasteiger partial charge in [0, 0.05) is 4.47 Å². The third kappa shape index (κ3) is 9.75. The van der Waals surface area contributed by atoms with Crippen LogP contribution in [0.5, 0.6) is 0 Å². The number of aryl methyl sites for hydroxylation is 1. The Balaban J connectivity index is -0.000000285. The molecule has 17 heavy (non-hydrogen) atoms. The topological polar surface area (TPSA) is 54.4 Å². The van der Waals surface area contributed by atoms with E-state index in [0.717, 1.165) is 10.0 Å². The Morgan fingerprint density at radius 3 is 1.88 bits per heavy atom. The Hall–Kier alpha value is -1.16. The molecule has 0 aliphatic carbocycles. The van der Waals surface area contributed by atoms with Crippen molar-refractivity contribution >= 4 is 28.7 Å². The third-order valence-electron chi connectivity index (χ3n) is 1.43. The van der Waals surface area contributed by atoms with Crippen molar-refractivity contribution < 1.29 is 14.7 Å². The zero-order valence-electron chi connectivity index (χ0n) is 11.1. The minimum Gasteiger partial charge on any atom is -0.478 e. The number of halogens is 1. The van der Waals surface area contributed by atoms with Crippen molar-refractivity contribution in [3.05, 3.63) is 33.8 Å². The fourth-order valence-electron chi connectivity index (χ4n) is 0.825. The molecule has 0 aliphatic heterocycles. The summed E-state index contributed by atoms with van der Waals surface area (Å²) in [6.45, 7) is 11.8. The molecule has 0 spiro atoms. The van der Waals surface area contributed by atoms with E-state index in [1.807, 2.05) is 40.6 Å². The fourth-order valence-corrected chi connectivity index (χ4v) is 1.19. The Labute approximate surface area is 112 Å². The number of hydrogen-bond acceptors (Lipinski definition) is 2. The van der Waals surface area contributed by atoms with Gasteiger partial charge in [0.05, 0.1) is 5.56 Å². The Bertz CT molecular complexity index is 312. The summed E-state index contributed by atoms with van der Waals surface area (Å²) >= 11 is 3.20. The normalized spacial score (nSPS) is 7.18. The van der Waals surface area contributed by atoms with E-state index >= 15 is 0 Å². The van der Waals surface area contributed by atoms with Gasteiger partial charge in [-0.1, -0.05) is 49.7 Å². The zero-order chi connectivity index (χ0) is 14.4. The smallest absolute Gasteiger partial charge is 0.335 e. The monoisotopic (exact) mass is 304 g/mol. The van der Waals surface area contributed by atoms with Crippen molar-refractivity contribution in [1.29, 1.82) is 0 Å². The van der Waals surface area contributed by atoms with Crippen molar-refractivity contribution in [3.63, 3.8) is 0 Å². The summed E-state index contributed by atoms with van der Waals surface area (Å²) in [7, 11) is 0. The molecule has 0 atom stereocenters. The van der Waals surface area contributed by atoms with Crippen molar-refractivity contribution in [1.82, 2.24) is 0 Å². The van der Waals surface area contributed by atoms with E-state index in [4.69, 9.17) is 9.90 Å². The van der Waals surface area contributed by atoms with Crippen LogP contribution in [0.2, 0.25) is 0 Å². The molecule has 0 saturated heterocycles. The number of hydrogen-bond donors (Lipinski definition) is 1. The lowest BCUT2D eigenvalue weighted by molar-refractivity contribution is -0.0980. The van der Waals surface area contributed by atoms with Gasteiger partial charge in [0.25, 0.3) is 0 Å². The van der Waals surface area contributed by atoms with Crippen molar-refractivity contribution in [2.45, 2.75) is 34.6 Å². The summed E-state index contributed by atoms with van der Waals surface area (Å²) in [5.74, 6) is -0.885. The zero-order valence-corrected chi connectivity index (χ0v) is 12.7. The average Bonchev–Trinajstić information content (AvgIpc) is 2.39. The van der Waals surface area contributed by atoms with Crippen molar-refractivity contribution in [2.75, 3.05) is 0 Å². The average molecular weight is 305 g/mol. The molecule has 0 radical (unpaired) electrons. The molecule has 3 nitrogen and oxygen atoms in total. The van der Waals surface area contributed by atoms with E-state index in [1.54, 1.807) is 19.1 Å². The molecule has 98 valence electrons. The summed E-state index contributed by atoms with van der Waals surface area (Å²) in [5, 5.41) is 8.67. The van der Waals surface area contributed by atoms with Crippen LogP contribution in [0.25, 0.3) is 0 Å². The standard InChI is InChI=1S/C8H7BrO2.2C2H6.CH2O/c1-5-2-3-6(9)4-7(5)8(10)11;3*1-2/h2-4H,1H3,(H,10,11);2*1-2H3;1H2. The number of rotatable bonds is 1. The predicted molar refractivity (Wildman–Crippen MR) is 75.7 cm³/mol. The molecule has 1 aromatic rings. The molecule has 0 amide bonds. The van der Waals surface area contributed by atoms with Crippen molar-refractivity contribution in [3.8, 4) is 0 Å². The van der Waals surface area contributed by atoms with Gasteiger partial charge in [-0.3, -0.25) is 0 Å². The summed E-state index contributed by atoms with van der Waals surface area (Å²) in [6, 6.07) is 5.19. The fraction of sp³-hybridized carbons (Fsp3) is 0.385. The van der Waals surface area contributed by atoms with Gasteiger partial charge in [-0.2, -0.15) is 0 Å². The highest BCUT2D eigenvalue weighted by atomic mass is 79.9. The first-order chi connectivity index (χ1) is 8.11. The largest absolute Gasteiger partial charge is 0.478 e. The highest BCUT2D eigenvalue weighted by Gasteiger charge is 2.05. The molecule has 1 rings (SSSR count). The molecule has 0 bridgehead atoms. The van der Waals surface area contributed by atoms with Gasteiger partial charge in [0.15, 0.2) is 0 Å². The van der Waals surface area contributed by atoms with E-state index in [1.165, 1.54) is 0 Å². The number of carbonyl (C=O) groups excluding carboxylic acids is 1. The molecule has 0 aliphatic rings. The molecular weight excluding hydrogens is 284 g/mol. The van der Waals surface area contributed by atoms with E-state index in [0.29, 0.717) is 5.56 Å². The maximum atomic E-state index is 10.6. The van der Waals surface area contributed by atoms with Crippen molar-refractivity contribution in [2.24, 2.45) is 0 Å². The van der Waals surface area contributed by atoms with Crippen LogP contribution in [0.15, 0.2) is 22.7 Å². The summed E-state index contributed by atoms with van der Waals surface area (Å²) in [6.07, 6.45) is 0. The molecule has 0 heterocycles. The first-order valence-electron chi connectivity index (χ1n) is 5.39. The number of benzene rings is 1. The van der Waals surface area contributed by atoms with Crippen LogP contribution < -0.4 is 0 Å². The molecule has 1 aromatic carbocycles. The molecule has 4 heteroatoms. The van der Waals surface area contributed by atoms with E-state index in [2.05, 4.69) is 15.9 Å². The minimum absolute atomic E-state index is 0.347. The predicted octanol–water partition coefficient (Wildman–Crippen LogP) is 4.32. The summed E-state index contributed by atoms with van der Waals surface area (Å²) < 4.78 is 0.792. The first-order valence-corrected chi connectivity index (χ1v) is 6.19. The van der Waals surface area contributed by atoms with Crippen LogP contribution in [0.3, 0.4) is 0 Å². The Morgan fingerprint density at radius 1 is 1.18 bits per heavy atom. The maximum absolute atomic E-state index is 10.6. The SMILES string of the molecule is C=O.CC.CC.Cc1ccc(Br)cc1C(=O)O. The van der Waals surface area contributed by atoms with Gasteiger partial charge in [-0.15, -0.1) is 0 Å². The van der Waals surface area contributed by atoms with E-state index in [9.17, 15) is 4.79 Å². The lowest BCUT2D eigenvalue weighted by Crippen LogP contribution is -1.98. The maximum Gasteiger partial charge on any atom is 0.335 e. The van der Waals surface area contributed by atoms with Crippen LogP contribution in [-0.4, -0.2) is 17.9 Å². The van der Waals surface area contributed by atoms with Crippen LogP contribution in [0, 0.1) is 6.92 Å². The second-order valence-electron chi connectivity index (χ2n) is 2.26. The van der Waals surface area contributed by atoms with Gasteiger partial charge in [-0.05, 0) is 24.6 Å². The van der Waals surface area contributed by atoms with Gasteiger partial charge < -0.3 is 9.90 Å². The minimum atomic E-state index is -0.885. The van der Waals surface area contributed by atoms with Gasteiger partial charge in [-0.25, -0.2) is 4.79 Å². The van der Waals surface area contributed by atoms with E-state index < -0.39 is 5.97 Å². The van der Waals surface area contributed by atoms with Gasteiger partial charge >= 0.3 is 5.97 Å². The van der Waals surface area contributed by atoms with E-state index in [-0.39, 0.29) is 0 Å². The number of carboxylic acids is 1. The summed E-state index contributed by atoms with van der Waals surface area (Å²) in [4.78, 5) is 18.6. The number of carboxylic acid groups (broad SMARTS) is 1. The second kappa shape index (κ2) is 14.8. The first kappa shape index (κ1) is 21.2. The molecule has 0 fully saturated rings. The lowest BCUT2D eigenvalue weighted by atomic mass is 10.1. The molecule has 1 N–H and O–H groups in total. The highest BCUT2D eigenvalue weighted by Crippen LogP contribution is 2.15. The lowest BCUT2D eigenvalue weighted by Gasteiger charge is -1.99. The van der Waals surface area contributed by atoms with Crippen LogP contribution in [0.1, 0.15) is 43.6 Å². The van der Waals surface area contributed by atoms with Crippen LogP contribution in [-0.2, 0) is 4.79 Å². The molecule has 0 unspecified atom stereocenters. The van der Waals surface area contributed by atoms with Gasteiger partial charge in [0.2, 0.25) is 0 Å². The summed E-state index contributed by atoms with van der Waals surface area (Å²) in [5.41, 5.74) is 1.13. The van der Waals surface area contributed by atoms with Crippen LogP contribution >= 0.6 is 15.9 Å². The van der Waals surface area contributed by atoms with Gasteiger partial charge in [0.1, 0.15) is 6.79 Å². The molecule has 0 saturated carbocycles. The Kier molecular flexibility index (Phi) is 18.5. The Morgan fingerprint density at radius 2 is 1.59 bits per heavy atom. The number of carbonyl (C=O) groups is 2. The third-order valence-corrected chi connectivity index (χ3v) is 1.92. The second-order valence-corrected chi connectivity index (χ2v) is 3.18. The van der Waals surface area contributed by atoms with Crippen LogP contribution in [0.4, 0.5) is 0 Å².